The quantitative estimate of drug-likeness (QED) is 0.298. The molecule has 0 radical (unpaired) electrons. The van der Waals surface area contributed by atoms with E-state index in [0.717, 1.165) is 0 Å². The number of ether oxygens (including phenoxy) is 2. The van der Waals surface area contributed by atoms with Gasteiger partial charge in [0, 0.05) is 12.5 Å². The lowest BCUT2D eigenvalue weighted by atomic mass is 9.99. The summed E-state index contributed by atoms with van der Waals surface area (Å²) in [6, 6.07) is -1.34. The van der Waals surface area contributed by atoms with Crippen LogP contribution < -0.4 is 10.8 Å². The van der Waals surface area contributed by atoms with Crippen molar-refractivity contribution in [3.05, 3.63) is 0 Å². The van der Waals surface area contributed by atoms with Gasteiger partial charge in [-0.2, -0.15) is 0 Å². The number of aliphatic hydroxyl groups is 4. The van der Waals surface area contributed by atoms with Crippen LogP contribution in [-0.4, -0.2) is 75.7 Å². The van der Waals surface area contributed by atoms with Crippen molar-refractivity contribution in [1.82, 2.24) is 0 Å². The van der Waals surface area contributed by atoms with E-state index in [1.165, 1.54) is 0 Å². The monoisotopic (exact) mass is 308 g/mol. The second-order valence-corrected chi connectivity index (χ2v) is 4.65. The molecule has 10 heteroatoms. The van der Waals surface area contributed by atoms with Gasteiger partial charge >= 0.3 is 5.97 Å². The number of aliphatic carboxylic acids is 1. The maximum Gasteiger partial charge on any atom is 0.308 e. The minimum absolute atomic E-state index is 0.238. The molecule has 1 aliphatic heterocycles. The number of carbonyl (C=O) groups excluding carboxylic acids is 2. The fraction of sp³-hybridized carbons (Fsp3) is 0.818. The van der Waals surface area contributed by atoms with Crippen LogP contribution >= 0.6 is 0 Å². The second kappa shape index (κ2) is 7.64. The molecule has 0 amide bonds. The number of carbonyl (C=O) groups is 2. The van der Waals surface area contributed by atoms with E-state index in [-0.39, 0.29) is 12.8 Å². The Morgan fingerprint density at radius 2 is 1.86 bits per heavy atom. The number of aliphatic hydroxyl groups excluding tert-OH is 4. The smallest absolute Gasteiger partial charge is 0.308 e. The number of rotatable bonds is 6. The van der Waals surface area contributed by atoms with Gasteiger partial charge in [0.1, 0.15) is 24.4 Å². The van der Waals surface area contributed by atoms with Crippen molar-refractivity contribution in [3.8, 4) is 0 Å². The first kappa shape index (κ1) is 17.8. The number of hydrogen-bond acceptors (Lipinski definition) is 10. The Hall–Kier alpha value is -1.30. The van der Waals surface area contributed by atoms with Crippen LogP contribution in [0.1, 0.15) is 12.8 Å². The number of esters is 1. The molecule has 21 heavy (non-hydrogen) atoms. The first-order chi connectivity index (χ1) is 9.77. The molecule has 0 aliphatic carbocycles. The predicted octanol–water partition coefficient (Wildman–Crippen LogP) is -4.81. The summed E-state index contributed by atoms with van der Waals surface area (Å²) in [4.78, 5) is 21.9. The number of carboxylic acid groups (broad SMARTS) is 1. The van der Waals surface area contributed by atoms with Gasteiger partial charge in [0.2, 0.25) is 6.29 Å². The molecule has 6 N–H and O–H groups in total. The topological polar surface area (TPSA) is 183 Å². The van der Waals surface area contributed by atoms with Gasteiger partial charge in [-0.25, -0.2) is 0 Å². The highest BCUT2D eigenvalue weighted by atomic mass is 16.7. The maximum absolute atomic E-state index is 11.5. The van der Waals surface area contributed by atoms with Crippen molar-refractivity contribution in [2.75, 3.05) is 6.61 Å². The Kier molecular flexibility index (Phi) is 6.45. The summed E-state index contributed by atoms with van der Waals surface area (Å²) in [6.45, 7) is -0.658. The summed E-state index contributed by atoms with van der Waals surface area (Å²) in [6.07, 6.45) is -8.34. The SMILES string of the molecule is N[C@@H](CCC(=O)O[C@@H]1O[C@H](CO)[C@@H](O)[C@H](O)[C@H]1O)C(=O)[O-]. The Bertz CT molecular complexity index is 375. The fourth-order valence-electron chi connectivity index (χ4n) is 1.74. The van der Waals surface area contributed by atoms with E-state index in [9.17, 15) is 30.0 Å². The van der Waals surface area contributed by atoms with Gasteiger partial charge in [-0.1, -0.05) is 0 Å². The molecule has 0 aromatic heterocycles. The molecule has 0 aromatic carbocycles. The van der Waals surface area contributed by atoms with E-state index in [1.807, 2.05) is 0 Å². The average molecular weight is 308 g/mol. The van der Waals surface area contributed by atoms with Crippen molar-refractivity contribution < 1.29 is 44.6 Å². The van der Waals surface area contributed by atoms with Crippen molar-refractivity contribution >= 4 is 11.9 Å². The minimum atomic E-state index is -1.71. The Labute approximate surface area is 119 Å². The van der Waals surface area contributed by atoms with Gasteiger partial charge in [0.15, 0.2) is 0 Å². The second-order valence-electron chi connectivity index (χ2n) is 4.65. The molecule has 0 unspecified atom stereocenters. The van der Waals surface area contributed by atoms with Crippen LogP contribution in [0.15, 0.2) is 0 Å². The first-order valence-electron chi connectivity index (χ1n) is 6.24. The largest absolute Gasteiger partial charge is 0.548 e. The Balaban J connectivity index is 2.52. The van der Waals surface area contributed by atoms with E-state index >= 15 is 0 Å². The highest BCUT2D eigenvalue weighted by Gasteiger charge is 2.45. The van der Waals surface area contributed by atoms with Gasteiger partial charge in [-0.05, 0) is 6.42 Å². The molecule has 10 nitrogen and oxygen atoms in total. The van der Waals surface area contributed by atoms with Gasteiger partial charge in [0.05, 0.1) is 12.6 Å². The lowest BCUT2D eigenvalue weighted by Gasteiger charge is -2.39. The molecule has 1 heterocycles. The molecule has 1 aliphatic rings. The van der Waals surface area contributed by atoms with Crippen LogP contribution in [-0.2, 0) is 19.1 Å². The maximum atomic E-state index is 11.5. The molecule has 6 atom stereocenters. The predicted molar refractivity (Wildman–Crippen MR) is 62.1 cm³/mol. The third-order valence-electron chi connectivity index (χ3n) is 3.06. The molecular formula is C11H18NO9-. The third-order valence-corrected chi connectivity index (χ3v) is 3.06. The van der Waals surface area contributed by atoms with E-state index < -0.39 is 55.3 Å². The number of nitrogens with two attached hydrogens (primary N) is 1. The highest BCUT2D eigenvalue weighted by molar-refractivity contribution is 5.73. The van der Waals surface area contributed by atoms with Crippen molar-refractivity contribution in [2.45, 2.75) is 49.6 Å². The zero-order chi connectivity index (χ0) is 16.2. The Morgan fingerprint density at radius 1 is 1.24 bits per heavy atom. The summed E-state index contributed by atoms with van der Waals surface area (Å²) in [5, 5.41) is 47.9. The molecule has 1 saturated heterocycles. The zero-order valence-electron chi connectivity index (χ0n) is 11.0. The van der Waals surface area contributed by atoms with Gasteiger partial charge < -0.3 is 45.5 Å². The van der Waals surface area contributed by atoms with Crippen molar-refractivity contribution in [3.63, 3.8) is 0 Å². The molecule has 0 spiro atoms. The summed E-state index contributed by atoms with van der Waals surface area (Å²) in [5.74, 6) is -2.44. The fourth-order valence-corrected chi connectivity index (χ4v) is 1.74. The normalized spacial score (nSPS) is 34.2. The summed E-state index contributed by atoms with van der Waals surface area (Å²) in [5.41, 5.74) is 5.15. The van der Waals surface area contributed by atoms with Crippen molar-refractivity contribution in [2.24, 2.45) is 5.73 Å². The number of hydrogen-bond donors (Lipinski definition) is 5. The molecule has 1 fully saturated rings. The standard InChI is InChI=1S/C11H19NO9/c12-4(10(18)19)1-2-6(14)21-11-9(17)8(16)7(15)5(3-13)20-11/h4-5,7-9,11,13,15-17H,1-3,12H2,(H,18,19)/p-1/t4-,5+,7+,8-,9+,11-/m0/s1. The summed E-state index contributed by atoms with van der Waals surface area (Å²) < 4.78 is 9.66. The molecule has 0 bridgehead atoms. The van der Waals surface area contributed by atoms with E-state index in [4.69, 9.17) is 20.3 Å². The minimum Gasteiger partial charge on any atom is -0.548 e. The molecular weight excluding hydrogens is 290 g/mol. The van der Waals surface area contributed by atoms with Crippen LogP contribution in [0.3, 0.4) is 0 Å². The van der Waals surface area contributed by atoms with E-state index in [0.29, 0.717) is 0 Å². The van der Waals surface area contributed by atoms with Crippen LogP contribution in [0, 0.1) is 0 Å². The van der Waals surface area contributed by atoms with Crippen LogP contribution in [0.5, 0.6) is 0 Å². The molecule has 122 valence electrons. The average Bonchev–Trinajstić information content (AvgIpc) is 2.45. The van der Waals surface area contributed by atoms with E-state index in [1.54, 1.807) is 0 Å². The van der Waals surface area contributed by atoms with Crippen molar-refractivity contribution in [1.29, 1.82) is 0 Å². The summed E-state index contributed by atoms with van der Waals surface area (Å²) in [7, 11) is 0. The molecule has 0 aromatic rings. The van der Waals surface area contributed by atoms with Crippen LogP contribution in [0.2, 0.25) is 0 Å². The highest BCUT2D eigenvalue weighted by Crippen LogP contribution is 2.22. The van der Waals surface area contributed by atoms with E-state index in [2.05, 4.69) is 0 Å². The molecule has 0 saturated carbocycles. The van der Waals surface area contributed by atoms with Gasteiger partial charge in [-0.3, -0.25) is 4.79 Å². The number of carboxylic acids is 1. The first-order valence-corrected chi connectivity index (χ1v) is 6.24. The Morgan fingerprint density at radius 3 is 2.38 bits per heavy atom. The van der Waals surface area contributed by atoms with Crippen LogP contribution in [0.4, 0.5) is 0 Å². The van der Waals surface area contributed by atoms with Gasteiger partial charge in [-0.15, -0.1) is 0 Å². The van der Waals surface area contributed by atoms with Gasteiger partial charge in [0.25, 0.3) is 0 Å². The van der Waals surface area contributed by atoms with Crippen LogP contribution in [0.25, 0.3) is 0 Å². The summed E-state index contributed by atoms with van der Waals surface area (Å²) >= 11 is 0. The lowest BCUT2D eigenvalue weighted by Crippen LogP contribution is -2.59. The lowest BCUT2D eigenvalue weighted by molar-refractivity contribution is -0.307. The molecule has 1 rings (SSSR count). The zero-order valence-corrected chi connectivity index (χ0v) is 11.0. The third kappa shape index (κ3) is 4.59.